The quantitative estimate of drug-likeness (QED) is 0.847. The average molecular weight is 267 g/mol. The van der Waals surface area contributed by atoms with Gasteiger partial charge < -0.3 is 5.11 Å². The van der Waals surface area contributed by atoms with E-state index in [-0.39, 0.29) is 11.3 Å². The molecule has 0 saturated carbocycles. The van der Waals surface area contributed by atoms with E-state index in [0.717, 1.165) is 6.07 Å². The highest BCUT2D eigenvalue weighted by atomic mass is 35.5. The van der Waals surface area contributed by atoms with Crippen molar-refractivity contribution in [1.82, 2.24) is 0 Å². The van der Waals surface area contributed by atoms with Crippen molar-refractivity contribution in [3.63, 3.8) is 0 Å². The van der Waals surface area contributed by atoms with Crippen LogP contribution < -0.4 is 0 Å². The number of aliphatic hydroxyl groups is 1. The molecular formula is C10H12ClFO3S. The van der Waals surface area contributed by atoms with Gasteiger partial charge in [0.2, 0.25) is 0 Å². The second kappa shape index (κ2) is 5.12. The lowest BCUT2D eigenvalue weighted by Gasteiger charge is -2.16. The Bertz CT molecular complexity index is 461. The minimum Gasteiger partial charge on any atom is -0.386 e. The van der Waals surface area contributed by atoms with Gasteiger partial charge in [0, 0.05) is 5.75 Å². The Kier molecular flexibility index (Phi) is 4.29. The number of benzene rings is 1. The number of hydrogen-bond donors (Lipinski definition) is 1. The summed E-state index contributed by atoms with van der Waals surface area (Å²) in [6.07, 6.45) is -1.43. The molecule has 1 aromatic rings. The molecule has 0 aliphatic carbocycles. The predicted octanol–water partition coefficient (Wildman–Crippen LogP) is 1.86. The molecule has 1 rings (SSSR count). The lowest BCUT2D eigenvalue weighted by atomic mass is 10.1. The molecule has 0 aliphatic heterocycles. The van der Waals surface area contributed by atoms with Gasteiger partial charge in [-0.2, -0.15) is 0 Å². The number of halogens is 2. The van der Waals surface area contributed by atoms with Gasteiger partial charge in [-0.05, 0) is 17.7 Å². The van der Waals surface area contributed by atoms with Gasteiger partial charge in [-0.15, -0.1) is 11.6 Å². The number of alkyl halides is 1. The monoisotopic (exact) mass is 266 g/mol. The topological polar surface area (TPSA) is 54.4 Å². The first kappa shape index (κ1) is 13.4. The van der Waals surface area contributed by atoms with E-state index >= 15 is 0 Å². The minimum atomic E-state index is -3.57. The van der Waals surface area contributed by atoms with Crippen LogP contribution in [-0.2, 0) is 9.84 Å². The summed E-state index contributed by atoms with van der Waals surface area (Å²) in [5.41, 5.74) is 0.150. The fraction of sp³-hybridized carbons (Fsp3) is 0.400. The van der Waals surface area contributed by atoms with Gasteiger partial charge in [0.15, 0.2) is 14.5 Å². The van der Waals surface area contributed by atoms with Gasteiger partial charge in [0.1, 0.15) is 11.9 Å². The molecule has 90 valence electrons. The molecule has 0 heterocycles. The lowest BCUT2D eigenvalue weighted by Crippen LogP contribution is -2.24. The first-order valence-corrected chi connectivity index (χ1v) is 6.83. The van der Waals surface area contributed by atoms with E-state index in [1.807, 2.05) is 0 Å². The molecule has 1 aromatic carbocycles. The van der Waals surface area contributed by atoms with Gasteiger partial charge in [0.05, 0.1) is 0 Å². The Hall–Kier alpha value is -0.650. The molecule has 0 aliphatic rings. The van der Waals surface area contributed by atoms with Crippen LogP contribution in [0.15, 0.2) is 24.3 Å². The fourth-order valence-corrected chi connectivity index (χ4v) is 2.59. The summed E-state index contributed by atoms with van der Waals surface area (Å²) in [4.78, 5) is 0. The molecule has 1 N–H and O–H groups in total. The van der Waals surface area contributed by atoms with E-state index in [1.54, 1.807) is 0 Å². The van der Waals surface area contributed by atoms with Crippen LogP contribution in [0, 0.1) is 5.82 Å². The Morgan fingerprint density at radius 2 is 2.12 bits per heavy atom. The van der Waals surface area contributed by atoms with Crippen molar-refractivity contribution in [1.29, 1.82) is 0 Å². The summed E-state index contributed by atoms with van der Waals surface area (Å²) in [5.74, 6) is -0.720. The third-order valence-electron chi connectivity index (χ3n) is 2.18. The van der Waals surface area contributed by atoms with Crippen LogP contribution >= 0.6 is 11.6 Å². The van der Waals surface area contributed by atoms with Crippen molar-refractivity contribution in [2.45, 2.75) is 17.7 Å². The number of sulfone groups is 1. The van der Waals surface area contributed by atoms with Crippen LogP contribution in [0.3, 0.4) is 0 Å². The van der Waals surface area contributed by atoms with Gasteiger partial charge >= 0.3 is 0 Å². The predicted molar refractivity (Wildman–Crippen MR) is 60.5 cm³/mol. The van der Waals surface area contributed by atoms with Crippen LogP contribution in [0.25, 0.3) is 0 Å². The van der Waals surface area contributed by atoms with Crippen LogP contribution in [0.2, 0.25) is 0 Å². The minimum absolute atomic E-state index is 0.150. The Labute approximate surface area is 98.8 Å². The molecule has 0 saturated heterocycles. The second-order valence-electron chi connectivity index (χ2n) is 3.30. The van der Waals surface area contributed by atoms with Gasteiger partial charge in [0.25, 0.3) is 0 Å². The summed E-state index contributed by atoms with van der Waals surface area (Å²) in [7, 11) is -3.57. The molecule has 0 amide bonds. The van der Waals surface area contributed by atoms with E-state index in [1.165, 1.54) is 25.1 Å². The zero-order valence-corrected chi connectivity index (χ0v) is 10.2. The van der Waals surface area contributed by atoms with Gasteiger partial charge in [-0.25, -0.2) is 12.8 Å². The summed E-state index contributed by atoms with van der Waals surface area (Å²) in [6.45, 7) is 1.43. The Morgan fingerprint density at radius 1 is 1.50 bits per heavy atom. The van der Waals surface area contributed by atoms with Crippen molar-refractivity contribution >= 4 is 21.4 Å². The summed E-state index contributed by atoms with van der Waals surface area (Å²) in [5, 5.41) is 9.70. The lowest BCUT2D eigenvalue weighted by molar-refractivity contribution is 0.191. The van der Waals surface area contributed by atoms with Crippen LogP contribution in [-0.4, -0.2) is 24.0 Å². The maximum Gasteiger partial charge on any atom is 0.169 e. The summed E-state index contributed by atoms with van der Waals surface area (Å²) in [6, 6.07) is 5.07. The van der Waals surface area contributed by atoms with Crippen molar-refractivity contribution < 1.29 is 17.9 Å². The van der Waals surface area contributed by atoms with Crippen molar-refractivity contribution in [3.8, 4) is 0 Å². The van der Waals surface area contributed by atoms with Crippen LogP contribution in [0.1, 0.15) is 18.6 Å². The molecule has 0 radical (unpaired) electrons. The third kappa shape index (κ3) is 2.93. The highest BCUT2D eigenvalue weighted by molar-refractivity contribution is 7.93. The molecule has 2 atom stereocenters. The number of rotatable bonds is 4. The van der Waals surface area contributed by atoms with Crippen molar-refractivity contribution in [2.75, 3.05) is 5.75 Å². The zero-order valence-electron chi connectivity index (χ0n) is 8.60. The average Bonchev–Trinajstić information content (AvgIpc) is 2.27. The first-order chi connectivity index (χ1) is 7.38. The largest absolute Gasteiger partial charge is 0.386 e. The number of aliphatic hydroxyl groups excluding tert-OH is 1. The maximum atomic E-state index is 12.9. The first-order valence-electron chi connectivity index (χ1n) is 4.67. The molecule has 0 fully saturated rings. The smallest absolute Gasteiger partial charge is 0.169 e. The fourth-order valence-electron chi connectivity index (χ4n) is 1.20. The van der Waals surface area contributed by atoms with Crippen molar-refractivity contribution in [2.24, 2.45) is 0 Å². The molecule has 0 aromatic heterocycles. The molecule has 0 unspecified atom stereocenters. The van der Waals surface area contributed by atoms with E-state index in [4.69, 9.17) is 11.6 Å². The van der Waals surface area contributed by atoms with E-state index in [9.17, 15) is 17.9 Å². The van der Waals surface area contributed by atoms with E-state index < -0.39 is 26.5 Å². The third-order valence-corrected chi connectivity index (χ3v) is 4.99. The number of hydrogen-bond acceptors (Lipinski definition) is 3. The SMILES string of the molecule is CCS(=O)(=O)[C@@H](Cl)[C@@H](O)c1cccc(F)c1. The molecule has 0 bridgehead atoms. The van der Waals surface area contributed by atoms with Crippen LogP contribution in [0.4, 0.5) is 4.39 Å². The summed E-state index contributed by atoms with van der Waals surface area (Å²) < 4.78 is 34.2. The molecule has 3 nitrogen and oxygen atoms in total. The second-order valence-corrected chi connectivity index (χ2v) is 6.44. The molecule has 16 heavy (non-hydrogen) atoms. The van der Waals surface area contributed by atoms with Crippen molar-refractivity contribution in [3.05, 3.63) is 35.6 Å². The zero-order chi connectivity index (χ0) is 12.3. The Morgan fingerprint density at radius 3 is 2.62 bits per heavy atom. The van der Waals surface area contributed by atoms with Crippen LogP contribution in [0.5, 0.6) is 0 Å². The normalized spacial score (nSPS) is 15.8. The summed E-state index contributed by atoms with van der Waals surface area (Å²) >= 11 is 5.65. The van der Waals surface area contributed by atoms with Gasteiger partial charge in [-0.1, -0.05) is 19.1 Å². The standard InChI is InChI=1S/C10H12ClFO3S/c1-2-16(14,15)10(11)9(13)7-4-3-5-8(12)6-7/h3-6,9-10,13H,2H2,1H3/t9-,10+/m0/s1. The maximum absolute atomic E-state index is 12.9. The van der Waals surface area contributed by atoms with Gasteiger partial charge in [-0.3, -0.25) is 0 Å². The molecule has 6 heteroatoms. The molecule has 0 spiro atoms. The Balaban J connectivity index is 2.99. The van der Waals surface area contributed by atoms with E-state index in [0.29, 0.717) is 0 Å². The van der Waals surface area contributed by atoms with E-state index in [2.05, 4.69) is 0 Å². The highest BCUT2D eigenvalue weighted by Gasteiger charge is 2.30. The molecular weight excluding hydrogens is 255 g/mol. The highest BCUT2D eigenvalue weighted by Crippen LogP contribution is 2.26.